The zero-order valence-electron chi connectivity index (χ0n) is 17.3. The molecule has 0 saturated carbocycles. The van der Waals surface area contributed by atoms with Crippen LogP contribution in [0.5, 0.6) is 5.75 Å². The summed E-state index contributed by atoms with van der Waals surface area (Å²) in [6.45, 7) is 1.19. The third-order valence-electron chi connectivity index (χ3n) is 5.22. The van der Waals surface area contributed by atoms with Crippen molar-refractivity contribution in [3.63, 3.8) is 0 Å². The number of imide groups is 1. The SMILES string of the molecule is COc1ccc(CN(C)C(=O)CN2C(=O)N[C@@](C)(c3ccc(C#N)cc3)C2=O)cc1F. The van der Waals surface area contributed by atoms with Crippen LogP contribution in [-0.2, 0) is 21.7 Å². The summed E-state index contributed by atoms with van der Waals surface area (Å²) in [5.41, 5.74) is 0.117. The molecule has 31 heavy (non-hydrogen) atoms. The largest absolute Gasteiger partial charge is 0.494 e. The van der Waals surface area contributed by atoms with E-state index < -0.39 is 35.7 Å². The highest BCUT2D eigenvalue weighted by molar-refractivity contribution is 6.09. The zero-order valence-corrected chi connectivity index (χ0v) is 17.3. The second-order valence-electron chi connectivity index (χ2n) is 7.35. The molecule has 3 rings (SSSR count). The predicted octanol–water partition coefficient (Wildman–Crippen LogP) is 2.13. The molecule has 2 aromatic carbocycles. The summed E-state index contributed by atoms with van der Waals surface area (Å²) in [6, 6.07) is 11.9. The summed E-state index contributed by atoms with van der Waals surface area (Å²) in [6.07, 6.45) is 0. The lowest BCUT2D eigenvalue weighted by Gasteiger charge is -2.23. The first-order valence-electron chi connectivity index (χ1n) is 9.40. The Morgan fingerprint density at radius 3 is 2.52 bits per heavy atom. The summed E-state index contributed by atoms with van der Waals surface area (Å²) in [5, 5.41) is 11.5. The normalized spacial score (nSPS) is 17.8. The average Bonchev–Trinajstić information content (AvgIpc) is 2.97. The molecule has 0 radical (unpaired) electrons. The Bertz CT molecular complexity index is 1080. The van der Waals surface area contributed by atoms with Crippen LogP contribution in [0.25, 0.3) is 0 Å². The number of hydrogen-bond acceptors (Lipinski definition) is 5. The fourth-order valence-electron chi connectivity index (χ4n) is 3.34. The molecule has 0 unspecified atom stereocenters. The van der Waals surface area contributed by atoms with Crippen molar-refractivity contribution < 1.29 is 23.5 Å². The number of carbonyl (C=O) groups excluding carboxylic acids is 3. The highest BCUT2D eigenvalue weighted by Crippen LogP contribution is 2.29. The van der Waals surface area contributed by atoms with Gasteiger partial charge < -0.3 is 15.0 Å². The lowest BCUT2D eigenvalue weighted by molar-refractivity contribution is -0.138. The molecule has 0 aliphatic carbocycles. The highest BCUT2D eigenvalue weighted by Gasteiger charge is 2.49. The third-order valence-corrected chi connectivity index (χ3v) is 5.22. The Balaban J connectivity index is 1.70. The standard InChI is InChI=1S/C22H21FN4O4/c1-22(16-7-4-14(11-24)5-8-16)20(29)27(21(30)25-22)13-19(28)26(2)12-15-6-9-18(31-3)17(23)10-15/h4-10H,12-13H2,1-3H3,(H,25,30)/t22-/m0/s1. The number of hydrogen-bond donors (Lipinski definition) is 1. The minimum absolute atomic E-state index is 0.0935. The van der Waals surface area contributed by atoms with E-state index in [1.165, 1.54) is 31.2 Å². The van der Waals surface area contributed by atoms with Crippen molar-refractivity contribution in [1.82, 2.24) is 15.1 Å². The number of amides is 4. The number of ether oxygens (including phenoxy) is 1. The molecule has 1 aliphatic heterocycles. The van der Waals surface area contributed by atoms with Gasteiger partial charge in [0.1, 0.15) is 12.1 Å². The van der Waals surface area contributed by atoms with Gasteiger partial charge in [-0.2, -0.15) is 5.26 Å². The van der Waals surface area contributed by atoms with E-state index in [9.17, 15) is 18.8 Å². The van der Waals surface area contributed by atoms with E-state index in [2.05, 4.69) is 5.32 Å². The maximum absolute atomic E-state index is 13.9. The van der Waals surface area contributed by atoms with E-state index in [1.54, 1.807) is 37.3 Å². The van der Waals surface area contributed by atoms with Gasteiger partial charge in [0.05, 0.1) is 18.7 Å². The highest BCUT2D eigenvalue weighted by atomic mass is 19.1. The van der Waals surface area contributed by atoms with Gasteiger partial charge in [0, 0.05) is 13.6 Å². The Morgan fingerprint density at radius 2 is 1.94 bits per heavy atom. The number of likely N-dealkylation sites (N-methyl/N-ethyl adjacent to an activating group) is 1. The van der Waals surface area contributed by atoms with E-state index in [1.807, 2.05) is 6.07 Å². The van der Waals surface area contributed by atoms with Crippen LogP contribution in [0.2, 0.25) is 0 Å². The molecule has 0 spiro atoms. The van der Waals surface area contributed by atoms with Crippen molar-refractivity contribution in [3.8, 4) is 11.8 Å². The molecule has 2 aromatic rings. The third kappa shape index (κ3) is 4.19. The number of nitrogens with zero attached hydrogens (tertiary/aromatic N) is 3. The van der Waals surface area contributed by atoms with Gasteiger partial charge in [0.25, 0.3) is 5.91 Å². The lowest BCUT2D eigenvalue weighted by Crippen LogP contribution is -2.43. The number of methoxy groups -OCH3 is 1. The summed E-state index contributed by atoms with van der Waals surface area (Å²) >= 11 is 0. The van der Waals surface area contributed by atoms with Crippen molar-refractivity contribution >= 4 is 17.8 Å². The van der Waals surface area contributed by atoms with Gasteiger partial charge in [-0.25, -0.2) is 9.18 Å². The van der Waals surface area contributed by atoms with E-state index in [-0.39, 0.29) is 12.3 Å². The van der Waals surface area contributed by atoms with Crippen LogP contribution >= 0.6 is 0 Å². The number of halogens is 1. The maximum Gasteiger partial charge on any atom is 0.325 e. The summed E-state index contributed by atoms with van der Waals surface area (Å²) in [5.74, 6) is -1.50. The van der Waals surface area contributed by atoms with Gasteiger partial charge >= 0.3 is 6.03 Å². The van der Waals surface area contributed by atoms with Gasteiger partial charge in [0.2, 0.25) is 5.91 Å². The number of nitrogens with one attached hydrogen (secondary N) is 1. The van der Waals surface area contributed by atoms with Crippen LogP contribution in [0.3, 0.4) is 0 Å². The Labute approximate surface area is 178 Å². The minimum atomic E-state index is -1.34. The summed E-state index contributed by atoms with van der Waals surface area (Å²) in [7, 11) is 2.86. The second kappa shape index (κ2) is 8.44. The van der Waals surface area contributed by atoms with E-state index in [4.69, 9.17) is 10.00 Å². The quantitative estimate of drug-likeness (QED) is 0.716. The van der Waals surface area contributed by atoms with Gasteiger partial charge in [0.15, 0.2) is 11.6 Å². The topological polar surface area (TPSA) is 103 Å². The minimum Gasteiger partial charge on any atom is -0.494 e. The molecular weight excluding hydrogens is 403 g/mol. The maximum atomic E-state index is 13.9. The first-order valence-corrected chi connectivity index (χ1v) is 9.40. The van der Waals surface area contributed by atoms with E-state index >= 15 is 0 Å². The molecule has 1 N–H and O–H groups in total. The fourth-order valence-corrected chi connectivity index (χ4v) is 3.34. The summed E-state index contributed by atoms with van der Waals surface area (Å²) in [4.78, 5) is 40.2. The monoisotopic (exact) mass is 424 g/mol. The molecule has 1 fully saturated rings. The van der Waals surface area contributed by atoms with Crippen LogP contribution < -0.4 is 10.1 Å². The van der Waals surface area contributed by atoms with Crippen molar-refractivity contribution in [1.29, 1.82) is 5.26 Å². The first kappa shape index (κ1) is 21.8. The molecule has 1 heterocycles. The van der Waals surface area contributed by atoms with Gasteiger partial charge in [-0.05, 0) is 42.3 Å². The molecule has 1 aliphatic rings. The first-order chi connectivity index (χ1) is 14.7. The molecule has 0 bridgehead atoms. The molecule has 160 valence electrons. The molecular formula is C22H21FN4O4. The van der Waals surface area contributed by atoms with Crippen molar-refractivity contribution in [2.24, 2.45) is 0 Å². The number of nitriles is 1. The Kier molecular flexibility index (Phi) is 5.92. The van der Waals surface area contributed by atoms with Crippen molar-refractivity contribution in [3.05, 3.63) is 65.0 Å². The van der Waals surface area contributed by atoms with Crippen LogP contribution in [0, 0.1) is 17.1 Å². The smallest absolute Gasteiger partial charge is 0.325 e. The number of rotatable bonds is 6. The second-order valence-corrected chi connectivity index (χ2v) is 7.35. The van der Waals surface area contributed by atoms with Crippen molar-refractivity contribution in [2.75, 3.05) is 20.7 Å². The lowest BCUT2D eigenvalue weighted by atomic mass is 9.91. The number of carbonyl (C=O) groups is 3. The van der Waals surface area contributed by atoms with Gasteiger partial charge in [-0.3, -0.25) is 14.5 Å². The van der Waals surface area contributed by atoms with Gasteiger partial charge in [-0.1, -0.05) is 18.2 Å². The molecule has 1 saturated heterocycles. The summed E-state index contributed by atoms with van der Waals surface area (Å²) < 4.78 is 18.7. The molecule has 9 heteroatoms. The Hall–Kier alpha value is -3.93. The Morgan fingerprint density at radius 1 is 1.26 bits per heavy atom. The van der Waals surface area contributed by atoms with Crippen molar-refractivity contribution in [2.45, 2.75) is 19.0 Å². The number of benzene rings is 2. The van der Waals surface area contributed by atoms with Crippen LogP contribution in [-0.4, -0.2) is 48.3 Å². The molecule has 8 nitrogen and oxygen atoms in total. The molecule has 1 atom stereocenters. The van der Waals surface area contributed by atoms with Crippen LogP contribution in [0.15, 0.2) is 42.5 Å². The van der Waals surface area contributed by atoms with Gasteiger partial charge in [-0.15, -0.1) is 0 Å². The average molecular weight is 424 g/mol. The predicted molar refractivity (Wildman–Crippen MR) is 108 cm³/mol. The molecule has 4 amide bonds. The fraction of sp³-hybridized carbons (Fsp3) is 0.273. The van der Waals surface area contributed by atoms with Crippen LogP contribution in [0.4, 0.5) is 9.18 Å². The van der Waals surface area contributed by atoms with E-state index in [0.29, 0.717) is 16.7 Å². The molecule has 0 aromatic heterocycles. The van der Waals surface area contributed by atoms with Crippen LogP contribution in [0.1, 0.15) is 23.6 Å². The zero-order chi connectivity index (χ0) is 22.8. The van der Waals surface area contributed by atoms with E-state index in [0.717, 1.165) is 4.90 Å². The number of urea groups is 1.